The van der Waals surface area contributed by atoms with Gasteiger partial charge in [0.2, 0.25) is 11.9 Å². The average molecular weight is 628 g/mol. The molecule has 0 spiro atoms. The monoisotopic (exact) mass is 627 g/mol. The molecule has 3 aromatic heterocycles. The maximum atomic E-state index is 13.5. The molecule has 236 valence electrons. The molecule has 45 heavy (non-hydrogen) atoms. The zero-order valence-corrected chi connectivity index (χ0v) is 24.3. The zero-order chi connectivity index (χ0) is 32.0. The lowest BCUT2D eigenvalue weighted by atomic mass is 10.1. The number of aryl methyl sites for hydroxylation is 1. The fourth-order valence-electron chi connectivity index (χ4n) is 5.58. The molecule has 0 aliphatic carbocycles. The fraction of sp³-hybridized carbons (Fsp3) is 0.444. The number of carbonyl (C=O) groups is 3. The van der Waals surface area contributed by atoms with E-state index >= 15 is 0 Å². The van der Waals surface area contributed by atoms with Crippen molar-refractivity contribution in [3.63, 3.8) is 0 Å². The van der Waals surface area contributed by atoms with Crippen LogP contribution >= 0.6 is 0 Å². The molecular formula is C27H28F3N11O4. The molecule has 4 atom stereocenters. The Hall–Kier alpha value is -5.16. The van der Waals surface area contributed by atoms with Crippen molar-refractivity contribution in [1.29, 1.82) is 0 Å². The molecule has 15 nitrogen and oxygen atoms in total. The van der Waals surface area contributed by atoms with Crippen LogP contribution in [0, 0.1) is 6.92 Å². The first-order valence-corrected chi connectivity index (χ1v) is 14.0. The fourth-order valence-corrected chi connectivity index (χ4v) is 5.58. The van der Waals surface area contributed by atoms with Gasteiger partial charge < -0.3 is 24.5 Å². The van der Waals surface area contributed by atoms with Gasteiger partial charge in [0.25, 0.3) is 5.91 Å². The second-order valence-corrected chi connectivity index (χ2v) is 10.9. The smallest absolute Gasteiger partial charge is 0.361 e. The van der Waals surface area contributed by atoms with Crippen molar-refractivity contribution in [2.75, 3.05) is 23.8 Å². The third kappa shape index (κ3) is 5.62. The van der Waals surface area contributed by atoms with Crippen LogP contribution in [0.3, 0.4) is 0 Å². The normalized spacial score (nSPS) is 22.3. The Morgan fingerprint density at radius 1 is 1.20 bits per heavy atom. The van der Waals surface area contributed by atoms with Crippen molar-refractivity contribution >= 4 is 36.0 Å². The van der Waals surface area contributed by atoms with Crippen LogP contribution in [-0.2, 0) is 16.1 Å². The highest BCUT2D eigenvalue weighted by atomic mass is 19.4. The van der Waals surface area contributed by atoms with E-state index in [1.807, 2.05) is 0 Å². The van der Waals surface area contributed by atoms with E-state index in [1.54, 1.807) is 19.9 Å². The van der Waals surface area contributed by atoms with Crippen LogP contribution in [0.4, 0.5) is 29.7 Å². The molecule has 3 aromatic rings. The second kappa shape index (κ2) is 11.4. The van der Waals surface area contributed by atoms with E-state index in [2.05, 4.69) is 35.4 Å². The number of amides is 4. The summed E-state index contributed by atoms with van der Waals surface area (Å²) in [5.74, 6) is -0.286. The molecule has 0 aromatic carbocycles. The Bertz CT molecular complexity index is 1650. The van der Waals surface area contributed by atoms with Gasteiger partial charge in [0.15, 0.2) is 18.0 Å². The summed E-state index contributed by atoms with van der Waals surface area (Å²) < 4.78 is 45.2. The van der Waals surface area contributed by atoms with E-state index in [0.717, 1.165) is 9.80 Å². The predicted octanol–water partition coefficient (Wildman–Crippen LogP) is 2.22. The van der Waals surface area contributed by atoms with Crippen LogP contribution in [0.5, 0.6) is 0 Å². The number of nitrogens with one attached hydrogen (secondary N) is 1. The average Bonchev–Trinajstić information content (AvgIpc) is 3.78. The van der Waals surface area contributed by atoms with E-state index in [0.29, 0.717) is 23.4 Å². The second-order valence-electron chi connectivity index (χ2n) is 10.9. The summed E-state index contributed by atoms with van der Waals surface area (Å²) in [7, 11) is 1.53. The molecule has 2 fully saturated rings. The molecular weight excluding hydrogens is 599 g/mol. The van der Waals surface area contributed by atoms with Crippen LogP contribution in [0.15, 0.2) is 40.2 Å². The summed E-state index contributed by atoms with van der Waals surface area (Å²) in [5.41, 5.74) is 0.738. The van der Waals surface area contributed by atoms with Crippen LogP contribution in [0.2, 0.25) is 0 Å². The molecule has 2 unspecified atom stereocenters. The van der Waals surface area contributed by atoms with E-state index in [9.17, 15) is 27.6 Å². The van der Waals surface area contributed by atoms with Crippen LogP contribution < -0.4 is 10.2 Å². The van der Waals surface area contributed by atoms with E-state index in [4.69, 9.17) is 4.52 Å². The molecule has 1 N–H and O–H groups in total. The zero-order valence-electron chi connectivity index (χ0n) is 24.3. The first-order valence-electron chi connectivity index (χ1n) is 14.0. The Morgan fingerprint density at radius 2 is 1.96 bits per heavy atom. The van der Waals surface area contributed by atoms with Gasteiger partial charge >= 0.3 is 12.2 Å². The number of fused-ring (bicyclic) bond motifs is 1. The summed E-state index contributed by atoms with van der Waals surface area (Å²) in [4.78, 5) is 65.9. The number of carbonyl (C=O) groups excluding carboxylic acids is 3. The minimum absolute atomic E-state index is 0.0215. The number of aromatic nitrogens is 5. The molecule has 0 saturated carbocycles. The molecule has 2 saturated heterocycles. The van der Waals surface area contributed by atoms with Gasteiger partial charge in [0.05, 0.1) is 18.4 Å². The van der Waals surface area contributed by atoms with Crippen molar-refractivity contribution in [2.45, 2.75) is 63.7 Å². The largest absolute Gasteiger partial charge is 0.408 e. The standard InChI is InChI=1S/C27H28F3N11O4/c1-14-9-17(37-45-14)12-40-24(43)20-22(38(3)26(40)44)34-13-41(20)15(2)23(42)36-19-6-7-31-21(35-19)16-10-32-25(33-11-16)39-8-4-5-18(39)27(28,29)30/h6-7,9-11,13,15,18,20,22H,4-5,8,12H2,1-3H3,(H,31,35,36,42)/t15-,18-,20?,22?/m0/s1. The highest BCUT2D eigenvalue weighted by Gasteiger charge is 2.51. The molecule has 3 aliphatic rings. The van der Waals surface area contributed by atoms with Gasteiger partial charge in [-0.2, -0.15) is 13.2 Å². The molecule has 18 heteroatoms. The molecule has 0 bridgehead atoms. The number of aliphatic imine (C=N–C) groups is 1. The van der Waals surface area contributed by atoms with Crippen molar-refractivity contribution < 1.29 is 32.1 Å². The van der Waals surface area contributed by atoms with Gasteiger partial charge in [-0.05, 0) is 32.8 Å². The van der Waals surface area contributed by atoms with Crippen LogP contribution in [0.25, 0.3) is 11.4 Å². The Labute approximate surface area is 254 Å². The summed E-state index contributed by atoms with van der Waals surface area (Å²) in [6.07, 6.45) is 0.586. The Balaban J connectivity index is 1.14. The van der Waals surface area contributed by atoms with Crippen LogP contribution in [0.1, 0.15) is 31.2 Å². The van der Waals surface area contributed by atoms with E-state index in [1.165, 1.54) is 47.8 Å². The first kappa shape index (κ1) is 29.9. The van der Waals surface area contributed by atoms with Crippen molar-refractivity contribution in [1.82, 2.24) is 39.8 Å². The Kier molecular flexibility index (Phi) is 7.57. The third-order valence-corrected chi connectivity index (χ3v) is 7.92. The summed E-state index contributed by atoms with van der Waals surface area (Å²) >= 11 is 0. The Morgan fingerprint density at radius 3 is 2.64 bits per heavy atom. The molecule has 4 amide bonds. The van der Waals surface area contributed by atoms with Crippen molar-refractivity contribution in [2.24, 2.45) is 4.99 Å². The van der Waals surface area contributed by atoms with Gasteiger partial charge in [0.1, 0.15) is 29.4 Å². The molecule has 0 radical (unpaired) electrons. The number of hydrogen-bond acceptors (Lipinski definition) is 12. The van der Waals surface area contributed by atoms with E-state index < -0.39 is 48.3 Å². The highest BCUT2D eigenvalue weighted by Crippen LogP contribution is 2.35. The number of hydrogen-bond donors (Lipinski definition) is 1. The molecule has 3 aliphatic heterocycles. The van der Waals surface area contributed by atoms with Gasteiger partial charge in [-0.15, -0.1) is 0 Å². The number of alkyl halides is 3. The number of imide groups is 1. The summed E-state index contributed by atoms with van der Waals surface area (Å²) in [6.45, 7) is 3.37. The molecule has 6 heterocycles. The lowest BCUT2D eigenvalue weighted by Crippen LogP contribution is -2.66. The maximum absolute atomic E-state index is 13.5. The number of halogens is 3. The van der Waals surface area contributed by atoms with Crippen molar-refractivity contribution in [3.8, 4) is 11.4 Å². The van der Waals surface area contributed by atoms with E-state index in [-0.39, 0.29) is 37.1 Å². The lowest BCUT2D eigenvalue weighted by Gasteiger charge is -2.42. The number of anilines is 2. The van der Waals surface area contributed by atoms with Gasteiger partial charge in [-0.1, -0.05) is 5.16 Å². The van der Waals surface area contributed by atoms with Crippen LogP contribution in [-0.4, -0.2) is 108 Å². The number of nitrogens with zero attached hydrogens (tertiary/aromatic N) is 10. The maximum Gasteiger partial charge on any atom is 0.408 e. The molecule has 6 rings (SSSR count). The topological polar surface area (TPSA) is 166 Å². The number of rotatable bonds is 7. The number of likely N-dealkylation sites (N-methyl/N-ethyl adjacent to an activating group) is 1. The highest BCUT2D eigenvalue weighted by molar-refractivity contribution is 6.03. The summed E-state index contributed by atoms with van der Waals surface area (Å²) in [6, 6.07) is -0.967. The van der Waals surface area contributed by atoms with Gasteiger partial charge in [-0.25, -0.2) is 29.7 Å². The lowest BCUT2D eigenvalue weighted by molar-refractivity contribution is -0.146. The minimum Gasteiger partial charge on any atom is -0.361 e. The SMILES string of the molecule is Cc1cc(CN2C(=O)C3C(N=CN3[C@@H](C)C(=O)Nc3ccnc(-c4cnc(N5CCC[C@H]5C(F)(F)F)nc4)n3)N(C)C2=O)no1. The van der Waals surface area contributed by atoms with Gasteiger partial charge in [0, 0.05) is 38.2 Å². The quantitative estimate of drug-likeness (QED) is 0.408. The minimum atomic E-state index is -4.39. The predicted molar refractivity (Wildman–Crippen MR) is 150 cm³/mol. The van der Waals surface area contributed by atoms with Crippen molar-refractivity contribution in [3.05, 3.63) is 42.2 Å². The third-order valence-electron chi connectivity index (χ3n) is 7.92. The van der Waals surface area contributed by atoms with Gasteiger partial charge in [-0.3, -0.25) is 14.5 Å². The summed E-state index contributed by atoms with van der Waals surface area (Å²) in [5, 5.41) is 6.57. The first-order chi connectivity index (χ1) is 21.4. The number of urea groups is 1.